The van der Waals surface area contributed by atoms with Gasteiger partial charge in [0.1, 0.15) is 11.6 Å². The third-order valence-corrected chi connectivity index (χ3v) is 3.10. The van der Waals surface area contributed by atoms with Crippen LogP contribution >= 0.6 is 0 Å². The zero-order chi connectivity index (χ0) is 14.7. The summed E-state index contributed by atoms with van der Waals surface area (Å²) in [5.41, 5.74) is 2.94. The molecule has 0 amide bonds. The first-order valence-corrected chi connectivity index (χ1v) is 6.35. The molecule has 0 radical (unpaired) electrons. The van der Waals surface area contributed by atoms with Crippen molar-refractivity contribution < 1.29 is 9.47 Å². The average Bonchev–Trinajstić information content (AvgIpc) is 2.46. The van der Waals surface area contributed by atoms with Gasteiger partial charge in [-0.25, -0.2) is 9.97 Å². The molecule has 5 nitrogen and oxygen atoms in total. The molecule has 0 saturated carbocycles. The summed E-state index contributed by atoms with van der Waals surface area (Å²) in [6.07, 6.45) is 0. The minimum Gasteiger partial charge on any atom is -0.493 e. The Labute approximate surface area is 119 Å². The highest BCUT2D eigenvalue weighted by atomic mass is 16.5. The molecule has 0 aliphatic heterocycles. The van der Waals surface area contributed by atoms with Crippen LogP contribution in [0.15, 0.2) is 18.2 Å². The highest BCUT2D eigenvalue weighted by Crippen LogP contribution is 2.35. The minimum atomic E-state index is 0.690. The number of methoxy groups -OCH3 is 2. The summed E-state index contributed by atoms with van der Waals surface area (Å²) in [5.74, 6) is 2.92. The molecule has 2 rings (SSSR count). The third-order valence-electron chi connectivity index (χ3n) is 3.10. The van der Waals surface area contributed by atoms with Crippen molar-refractivity contribution in [2.45, 2.75) is 13.8 Å². The molecule has 0 aliphatic carbocycles. The molecular formula is C15H19N3O2. The molecule has 5 heteroatoms. The van der Waals surface area contributed by atoms with Gasteiger partial charge in [-0.15, -0.1) is 0 Å². The normalized spacial score (nSPS) is 10.2. The summed E-state index contributed by atoms with van der Waals surface area (Å²) < 4.78 is 10.7. The van der Waals surface area contributed by atoms with Crippen molar-refractivity contribution >= 4 is 5.82 Å². The lowest BCUT2D eigenvalue weighted by atomic mass is 10.0. The van der Waals surface area contributed by atoms with Gasteiger partial charge in [-0.3, -0.25) is 0 Å². The second kappa shape index (κ2) is 5.77. The fraction of sp³-hybridized carbons (Fsp3) is 0.333. The number of rotatable bonds is 4. The van der Waals surface area contributed by atoms with Gasteiger partial charge in [0.15, 0.2) is 11.5 Å². The Balaban J connectivity index is 2.60. The predicted molar refractivity (Wildman–Crippen MR) is 79.6 cm³/mol. The third kappa shape index (κ3) is 2.66. The molecule has 0 bridgehead atoms. The Bertz CT molecular complexity index is 627. The quantitative estimate of drug-likeness (QED) is 0.928. The second-order valence-electron chi connectivity index (χ2n) is 4.46. The Morgan fingerprint density at radius 2 is 1.60 bits per heavy atom. The first-order chi connectivity index (χ1) is 9.58. The van der Waals surface area contributed by atoms with E-state index in [1.165, 1.54) is 0 Å². The molecule has 2 aromatic rings. The van der Waals surface area contributed by atoms with E-state index in [2.05, 4.69) is 15.3 Å². The van der Waals surface area contributed by atoms with Gasteiger partial charge in [0, 0.05) is 18.7 Å². The van der Waals surface area contributed by atoms with Gasteiger partial charge in [-0.2, -0.15) is 0 Å². The van der Waals surface area contributed by atoms with Crippen LogP contribution in [0.4, 0.5) is 5.82 Å². The fourth-order valence-electron chi connectivity index (χ4n) is 2.09. The number of ether oxygens (including phenoxy) is 2. The number of aromatic nitrogens is 2. The maximum atomic E-state index is 5.36. The molecular weight excluding hydrogens is 254 g/mol. The van der Waals surface area contributed by atoms with E-state index >= 15 is 0 Å². The number of hydrogen-bond donors (Lipinski definition) is 1. The van der Waals surface area contributed by atoms with Crippen molar-refractivity contribution in [3.8, 4) is 22.8 Å². The van der Waals surface area contributed by atoms with Gasteiger partial charge >= 0.3 is 0 Å². The summed E-state index contributed by atoms with van der Waals surface area (Å²) >= 11 is 0. The average molecular weight is 273 g/mol. The molecule has 0 unspecified atom stereocenters. The summed E-state index contributed by atoms with van der Waals surface area (Å²) in [4.78, 5) is 8.80. The van der Waals surface area contributed by atoms with E-state index in [0.717, 1.165) is 28.5 Å². The van der Waals surface area contributed by atoms with Gasteiger partial charge < -0.3 is 14.8 Å². The van der Waals surface area contributed by atoms with E-state index in [9.17, 15) is 0 Å². The van der Waals surface area contributed by atoms with Gasteiger partial charge in [0.05, 0.1) is 19.9 Å². The molecule has 0 spiro atoms. The molecule has 1 aromatic heterocycles. The SMILES string of the molecule is CNc1cc(-c2cc(OC)c(OC)cc2C)nc(C)n1. The maximum absolute atomic E-state index is 5.36. The maximum Gasteiger partial charge on any atom is 0.161 e. The number of hydrogen-bond acceptors (Lipinski definition) is 5. The van der Waals surface area contributed by atoms with Crippen LogP contribution in [-0.4, -0.2) is 31.2 Å². The Morgan fingerprint density at radius 3 is 2.20 bits per heavy atom. The van der Waals surface area contributed by atoms with Crippen LogP contribution in [0.3, 0.4) is 0 Å². The van der Waals surface area contributed by atoms with Crippen molar-refractivity contribution in [2.24, 2.45) is 0 Å². The summed E-state index contributed by atoms with van der Waals surface area (Å²) in [5, 5.41) is 3.04. The van der Waals surface area contributed by atoms with Gasteiger partial charge in [-0.1, -0.05) is 0 Å². The van der Waals surface area contributed by atoms with E-state index in [-0.39, 0.29) is 0 Å². The zero-order valence-electron chi connectivity index (χ0n) is 12.4. The first kappa shape index (κ1) is 14.1. The van der Waals surface area contributed by atoms with E-state index < -0.39 is 0 Å². The van der Waals surface area contributed by atoms with Crippen molar-refractivity contribution in [3.63, 3.8) is 0 Å². The molecule has 1 heterocycles. The molecule has 0 atom stereocenters. The van der Waals surface area contributed by atoms with Crippen molar-refractivity contribution in [2.75, 3.05) is 26.6 Å². The molecule has 1 N–H and O–H groups in total. The van der Waals surface area contributed by atoms with Crippen LogP contribution in [0, 0.1) is 13.8 Å². The summed E-state index contributed by atoms with van der Waals surface area (Å²) in [6, 6.07) is 5.81. The van der Waals surface area contributed by atoms with E-state index in [1.54, 1.807) is 14.2 Å². The molecule has 0 saturated heterocycles. The van der Waals surface area contributed by atoms with Crippen LogP contribution in [0.2, 0.25) is 0 Å². The Morgan fingerprint density at radius 1 is 0.950 bits per heavy atom. The van der Waals surface area contributed by atoms with Crippen LogP contribution in [0.25, 0.3) is 11.3 Å². The summed E-state index contributed by atoms with van der Waals surface area (Å²) in [6.45, 7) is 3.90. The molecule has 106 valence electrons. The van der Waals surface area contributed by atoms with Crippen LogP contribution in [0.5, 0.6) is 11.5 Å². The van der Waals surface area contributed by atoms with Crippen LogP contribution in [-0.2, 0) is 0 Å². The Hall–Kier alpha value is -2.30. The van der Waals surface area contributed by atoms with E-state index in [0.29, 0.717) is 11.5 Å². The van der Waals surface area contributed by atoms with Gasteiger partial charge in [-0.05, 0) is 31.5 Å². The van der Waals surface area contributed by atoms with E-state index in [4.69, 9.17) is 9.47 Å². The lowest BCUT2D eigenvalue weighted by Gasteiger charge is -2.13. The lowest BCUT2D eigenvalue weighted by molar-refractivity contribution is 0.355. The molecule has 0 fully saturated rings. The molecule has 0 aliphatic rings. The lowest BCUT2D eigenvalue weighted by Crippen LogP contribution is -2.00. The zero-order valence-corrected chi connectivity index (χ0v) is 12.4. The topological polar surface area (TPSA) is 56.3 Å². The predicted octanol–water partition coefficient (Wildman–Crippen LogP) is 2.82. The molecule has 1 aromatic carbocycles. The van der Waals surface area contributed by atoms with Crippen LogP contribution in [0.1, 0.15) is 11.4 Å². The Kier molecular flexibility index (Phi) is 4.08. The number of anilines is 1. The first-order valence-electron chi connectivity index (χ1n) is 6.35. The second-order valence-corrected chi connectivity index (χ2v) is 4.46. The van der Waals surface area contributed by atoms with Gasteiger partial charge in [0.2, 0.25) is 0 Å². The number of aryl methyl sites for hydroxylation is 2. The number of nitrogens with zero attached hydrogens (tertiary/aromatic N) is 2. The smallest absolute Gasteiger partial charge is 0.161 e. The molecule has 20 heavy (non-hydrogen) atoms. The minimum absolute atomic E-state index is 0.690. The van der Waals surface area contributed by atoms with Gasteiger partial charge in [0.25, 0.3) is 0 Å². The van der Waals surface area contributed by atoms with Crippen molar-refractivity contribution in [1.82, 2.24) is 9.97 Å². The highest BCUT2D eigenvalue weighted by molar-refractivity contribution is 5.70. The largest absolute Gasteiger partial charge is 0.493 e. The van der Waals surface area contributed by atoms with Crippen molar-refractivity contribution in [3.05, 3.63) is 29.6 Å². The van der Waals surface area contributed by atoms with Crippen LogP contribution < -0.4 is 14.8 Å². The van der Waals surface area contributed by atoms with Crippen molar-refractivity contribution in [1.29, 1.82) is 0 Å². The standard InChI is InChI=1S/C15H19N3O2/c1-9-6-13(19-4)14(20-5)7-11(9)12-8-15(16-3)18-10(2)17-12/h6-8H,1-5H3,(H,16,17,18). The number of benzene rings is 1. The van der Waals surface area contributed by atoms with E-state index in [1.807, 2.05) is 39.1 Å². The summed E-state index contributed by atoms with van der Waals surface area (Å²) in [7, 11) is 5.10. The number of nitrogens with one attached hydrogen (secondary N) is 1. The highest BCUT2D eigenvalue weighted by Gasteiger charge is 2.12. The monoisotopic (exact) mass is 273 g/mol. The fourth-order valence-corrected chi connectivity index (χ4v) is 2.09.